The Morgan fingerprint density at radius 2 is 2.14 bits per heavy atom. The average molecular weight is 535 g/mol. The second kappa shape index (κ2) is 13.1. The molecule has 1 atom stereocenters. The molecule has 5 nitrogen and oxygen atoms in total. The third kappa shape index (κ3) is 7.99. The molecule has 0 bridgehead atoms. The number of hydrogen-bond donors (Lipinski definition) is 2. The lowest BCUT2D eigenvalue weighted by Crippen LogP contribution is -2.46. The number of hydrogen-bond acceptors (Lipinski definition) is 4. The molecule has 0 aromatic carbocycles. The number of likely N-dealkylation sites (tertiary alicyclic amines) is 1. The highest BCUT2D eigenvalue weighted by Crippen LogP contribution is 2.40. The van der Waals surface area contributed by atoms with Crippen LogP contribution in [0.1, 0.15) is 49.8 Å². The summed E-state index contributed by atoms with van der Waals surface area (Å²) in [6, 6.07) is 4.41. The van der Waals surface area contributed by atoms with Gasteiger partial charge in [-0.25, -0.2) is 0 Å². The summed E-state index contributed by atoms with van der Waals surface area (Å²) in [6.07, 6.45) is 9.06. The molecular formula is C22H39IN4OS. The molecule has 166 valence electrons. The molecular weight excluding hydrogens is 495 g/mol. The van der Waals surface area contributed by atoms with Gasteiger partial charge in [0.25, 0.3) is 0 Å². The van der Waals surface area contributed by atoms with Crippen molar-refractivity contribution in [2.24, 2.45) is 16.3 Å². The minimum atomic E-state index is 0. The van der Waals surface area contributed by atoms with Gasteiger partial charge in [0.05, 0.1) is 0 Å². The number of guanidine groups is 1. The number of aliphatic imine (C=N–C) groups is 1. The van der Waals surface area contributed by atoms with Crippen LogP contribution in [-0.2, 0) is 11.3 Å². The topological polar surface area (TPSA) is 48.9 Å². The number of nitrogens with zero attached hydrogens (tertiary/aromatic N) is 2. The molecule has 0 spiro atoms. The van der Waals surface area contributed by atoms with Crippen LogP contribution in [0.2, 0.25) is 0 Å². The fourth-order valence-electron chi connectivity index (χ4n) is 4.78. The Labute approximate surface area is 198 Å². The van der Waals surface area contributed by atoms with E-state index in [0.29, 0.717) is 11.3 Å². The summed E-state index contributed by atoms with van der Waals surface area (Å²) in [7, 11) is 3.69. The summed E-state index contributed by atoms with van der Waals surface area (Å²) in [5.41, 5.74) is 0.385. The Hall–Kier alpha value is -0.380. The first-order valence-corrected chi connectivity index (χ1v) is 11.8. The normalized spacial score (nSPS) is 22.3. The minimum absolute atomic E-state index is 0. The van der Waals surface area contributed by atoms with E-state index in [0.717, 1.165) is 38.6 Å². The summed E-state index contributed by atoms with van der Waals surface area (Å²) in [4.78, 5) is 8.56. The van der Waals surface area contributed by atoms with E-state index in [1.807, 2.05) is 25.5 Å². The maximum atomic E-state index is 5.36. The summed E-state index contributed by atoms with van der Waals surface area (Å²) in [6.45, 7) is 6.37. The standard InChI is InChI=1S/C22H38N4OS.HI/c1-23-21(25-18-22(11-13-27-2)9-3-4-10-22)24-15-19-7-5-12-26(16-19)17-20-8-6-14-28-20;/h6,8,14,19H,3-5,7,9-13,15-18H2,1-2H3,(H2,23,24,25);1H. The molecule has 2 heterocycles. The third-order valence-corrected chi connectivity index (χ3v) is 7.34. The van der Waals surface area contributed by atoms with Crippen LogP contribution in [0.5, 0.6) is 0 Å². The van der Waals surface area contributed by atoms with Crippen molar-refractivity contribution in [2.45, 2.75) is 51.5 Å². The van der Waals surface area contributed by atoms with E-state index in [-0.39, 0.29) is 24.0 Å². The van der Waals surface area contributed by atoms with Gasteiger partial charge in [-0.2, -0.15) is 0 Å². The van der Waals surface area contributed by atoms with E-state index in [9.17, 15) is 0 Å². The predicted octanol–water partition coefficient (Wildman–Crippen LogP) is 4.34. The molecule has 29 heavy (non-hydrogen) atoms. The summed E-state index contributed by atoms with van der Waals surface area (Å²) >= 11 is 1.87. The Kier molecular flexibility index (Phi) is 11.3. The number of ether oxygens (including phenoxy) is 1. The Bertz CT molecular complexity index is 590. The minimum Gasteiger partial charge on any atom is -0.385 e. The maximum Gasteiger partial charge on any atom is 0.191 e. The SMILES string of the molecule is CN=C(NCC1CCCN(Cc2cccs2)C1)NCC1(CCOC)CCCC1.I. The zero-order valence-electron chi connectivity index (χ0n) is 18.1. The fourth-order valence-corrected chi connectivity index (χ4v) is 5.52. The summed E-state index contributed by atoms with van der Waals surface area (Å²) in [5.74, 6) is 1.65. The van der Waals surface area contributed by atoms with Gasteiger partial charge in [-0.15, -0.1) is 35.3 Å². The number of thiophene rings is 1. The summed E-state index contributed by atoms with van der Waals surface area (Å²) < 4.78 is 5.36. The van der Waals surface area contributed by atoms with Gasteiger partial charge in [-0.05, 0) is 61.4 Å². The molecule has 2 N–H and O–H groups in total. The number of nitrogens with one attached hydrogen (secondary N) is 2. The number of halogens is 1. The van der Waals surface area contributed by atoms with E-state index < -0.39 is 0 Å². The molecule has 1 unspecified atom stereocenters. The van der Waals surface area contributed by atoms with Crippen LogP contribution in [0, 0.1) is 11.3 Å². The highest BCUT2D eigenvalue weighted by atomic mass is 127. The van der Waals surface area contributed by atoms with Crippen LogP contribution in [0.4, 0.5) is 0 Å². The van der Waals surface area contributed by atoms with E-state index in [1.165, 1.54) is 56.5 Å². The lowest BCUT2D eigenvalue weighted by atomic mass is 9.83. The van der Waals surface area contributed by atoms with Gasteiger partial charge in [0, 0.05) is 51.8 Å². The molecule has 1 aromatic heterocycles. The summed E-state index contributed by atoms with van der Waals surface area (Å²) in [5, 5.41) is 9.40. The number of rotatable bonds is 9. The van der Waals surface area contributed by atoms with Gasteiger partial charge in [0.1, 0.15) is 0 Å². The zero-order chi connectivity index (χ0) is 19.7. The van der Waals surface area contributed by atoms with Gasteiger partial charge in [-0.1, -0.05) is 18.9 Å². The van der Waals surface area contributed by atoms with Crippen molar-refractivity contribution in [2.75, 3.05) is 46.9 Å². The Morgan fingerprint density at radius 3 is 2.83 bits per heavy atom. The van der Waals surface area contributed by atoms with Crippen LogP contribution in [0.15, 0.2) is 22.5 Å². The van der Waals surface area contributed by atoms with Crippen LogP contribution in [-0.4, -0.2) is 57.8 Å². The lowest BCUT2D eigenvalue weighted by Gasteiger charge is -2.33. The molecule has 7 heteroatoms. The smallest absolute Gasteiger partial charge is 0.191 e. The molecule has 1 saturated heterocycles. The third-order valence-electron chi connectivity index (χ3n) is 6.48. The van der Waals surface area contributed by atoms with E-state index in [2.05, 4.69) is 38.0 Å². The van der Waals surface area contributed by atoms with Crippen molar-refractivity contribution >= 4 is 41.3 Å². The molecule has 1 saturated carbocycles. The van der Waals surface area contributed by atoms with Crippen molar-refractivity contribution in [3.63, 3.8) is 0 Å². The molecule has 1 aliphatic heterocycles. The molecule has 1 aliphatic carbocycles. The Balaban J connectivity index is 0.00000300. The quantitative estimate of drug-likeness (QED) is 0.281. The highest BCUT2D eigenvalue weighted by Gasteiger charge is 2.33. The van der Waals surface area contributed by atoms with E-state index in [4.69, 9.17) is 4.74 Å². The average Bonchev–Trinajstić information content (AvgIpc) is 3.40. The molecule has 0 radical (unpaired) electrons. The largest absolute Gasteiger partial charge is 0.385 e. The number of piperidine rings is 1. The van der Waals surface area contributed by atoms with E-state index >= 15 is 0 Å². The first-order valence-electron chi connectivity index (χ1n) is 10.9. The van der Waals surface area contributed by atoms with Crippen LogP contribution in [0.25, 0.3) is 0 Å². The predicted molar refractivity (Wildman–Crippen MR) is 134 cm³/mol. The number of methoxy groups -OCH3 is 1. The Morgan fingerprint density at radius 1 is 1.31 bits per heavy atom. The zero-order valence-corrected chi connectivity index (χ0v) is 21.3. The van der Waals surface area contributed by atoms with Crippen molar-refractivity contribution in [3.05, 3.63) is 22.4 Å². The maximum absolute atomic E-state index is 5.36. The molecule has 2 fully saturated rings. The van der Waals surface area contributed by atoms with Crippen molar-refractivity contribution < 1.29 is 4.74 Å². The monoisotopic (exact) mass is 534 g/mol. The van der Waals surface area contributed by atoms with Crippen LogP contribution in [0.3, 0.4) is 0 Å². The molecule has 1 aromatic rings. The van der Waals surface area contributed by atoms with Crippen molar-refractivity contribution in [1.82, 2.24) is 15.5 Å². The van der Waals surface area contributed by atoms with Gasteiger partial charge in [0.2, 0.25) is 0 Å². The first-order chi connectivity index (χ1) is 13.7. The second-order valence-electron chi connectivity index (χ2n) is 8.58. The van der Waals surface area contributed by atoms with Crippen LogP contribution < -0.4 is 10.6 Å². The van der Waals surface area contributed by atoms with Crippen molar-refractivity contribution in [1.29, 1.82) is 0 Å². The second-order valence-corrected chi connectivity index (χ2v) is 9.61. The van der Waals surface area contributed by atoms with Crippen molar-refractivity contribution in [3.8, 4) is 0 Å². The van der Waals surface area contributed by atoms with Gasteiger partial charge in [-0.3, -0.25) is 9.89 Å². The van der Waals surface area contributed by atoms with Gasteiger partial charge in [0.15, 0.2) is 5.96 Å². The highest BCUT2D eigenvalue weighted by molar-refractivity contribution is 14.0. The molecule has 0 amide bonds. The lowest BCUT2D eigenvalue weighted by molar-refractivity contribution is 0.138. The van der Waals surface area contributed by atoms with Gasteiger partial charge < -0.3 is 15.4 Å². The van der Waals surface area contributed by atoms with Gasteiger partial charge >= 0.3 is 0 Å². The first kappa shape index (κ1) is 24.9. The fraction of sp³-hybridized carbons (Fsp3) is 0.773. The van der Waals surface area contributed by atoms with E-state index in [1.54, 1.807) is 0 Å². The molecule has 3 rings (SSSR count). The van der Waals surface area contributed by atoms with Crippen LogP contribution >= 0.6 is 35.3 Å². The molecule has 2 aliphatic rings.